The molecule has 1 aromatic heterocycles. The van der Waals surface area contributed by atoms with E-state index in [2.05, 4.69) is 15.4 Å². The molecule has 3 N–H and O–H groups in total. The number of primary amides is 1. The molecule has 106 valence electrons. The van der Waals surface area contributed by atoms with Crippen LogP contribution in [0.4, 0.5) is 0 Å². The van der Waals surface area contributed by atoms with Gasteiger partial charge < -0.3 is 5.73 Å². The topological polar surface area (TPSA) is 101 Å². The third-order valence-corrected chi connectivity index (χ3v) is 3.28. The fourth-order valence-corrected chi connectivity index (χ4v) is 2.36. The lowest BCUT2D eigenvalue weighted by molar-refractivity contribution is -0.135. The van der Waals surface area contributed by atoms with Gasteiger partial charge in [0.15, 0.2) is 0 Å². The summed E-state index contributed by atoms with van der Waals surface area (Å²) in [5, 5.41) is 1.82. The highest BCUT2D eigenvalue weighted by atomic mass is 16.2. The summed E-state index contributed by atoms with van der Waals surface area (Å²) in [6.45, 7) is 2.63. The molecule has 7 nitrogen and oxygen atoms in total. The second kappa shape index (κ2) is 6.14. The van der Waals surface area contributed by atoms with Crippen LogP contribution in [0, 0.1) is 5.92 Å². The Labute approximate surface area is 116 Å². The Morgan fingerprint density at radius 1 is 1.45 bits per heavy atom. The van der Waals surface area contributed by atoms with Crippen molar-refractivity contribution in [2.75, 3.05) is 6.54 Å². The molecule has 1 fully saturated rings. The Balaban J connectivity index is 0.000000205. The van der Waals surface area contributed by atoms with Gasteiger partial charge in [0, 0.05) is 24.6 Å². The maximum absolute atomic E-state index is 11.5. The zero-order valence-electron chi connectivity index (χ0n) is 11.2. The van der Waals surface area contributed by atoms with Crippen LogP contribution in [0.3, 0.4) is 0 Å². The average Bonchev–Trinajstić information content (AvgIpc) is 2.89. The van der Waals surface area contributed by atoms with E-state index in [1.165, 1.54) is 6.33 Å². The largest absolute Gasteiger partial charge is 0.369 e. The predicted octanol–water partition coefficient (Wildman–Crippen LogP) is -0.0209. The summed E-state index contributed by atoms with van der Waals surface area (Å²) in [6.07, 6.45) is 6.80. The fourth-order valence-electron chi connectivity index (χ4n) is 2.36. The first-order valence-electron chi connectivity index (χ1n) is 6.38. The number of rotatable bonds is 1. The summed E-state index contributed by atoms with van der Waals surface area (Å²) in [4.78, 5) is 29.9. The lowest BCUT2D eigenvalue weighted by atomic mass is 9.95. The van der Waals surface area contributed by atoms with E-state index in [9.17, 15) is 9.59 Å². The number of aromatic nitrogens is 2. The van der Waals surface area contributed by atoms with E-state index in [1.807, 2.05) is 11.9 Å². The highest BCUT2D eigenvalue weighted by Crippen LogP contribution is 2.29. The molecule has 2 aliphatic heterocycles. The average molecular weight is 275 g/mol. The highest BCUT2D eigenvalue weighted by molar-refractivity contribution is 6.03. The van der Waals surface area contributed by atoms with Crippen LogP contribution in [-0.4, -0.2) is 33.3 Å². The van der Waals surface area contributed by atoms with E-state index in [0.29, 0.717) is 0 Å². The molecule has 1 atom stereocenters. The van der Waals surface area contributed by atoms with E-state index < -0.39 is 11.8 Å². The number of nitrogens with two attached hydrogens (primary N) is 1. The Morgan fingerprint density at radius 2 is 2.15 bits per heavy atom. The van der Waals surface area contributed by atoms with E-state index in [4.69, 9.17) is 5.73 Å². The van der Waals surface area contributed by atoms with Crippen LogP contribution in [0.15, 0.2) is 36.1 Å². The van der Waals surface area contributed by atoms with Crippen LogP contribution < -0.4 is 11.2 Å². The predicted molar refractivity (Wildman–Crippen MR) is 71.5 cm³/mol. The van der Waals surface area contributed by atoms with E-state index in [-0.39, 0.29) is 5.91 Å². The first-order chi connectivity index (χ1) is 9.61. The summed E-state index contributed by atoms with van der Waals surface area (Å²) >= 11 is 0. The number of nitrogens with one attached hydrogen (secondary N) is 1. The summed E-state index contributed by atoms with van der Waals surface area (Å²) in [6, 6.07) is 1.78. The Bertz CT molecular complexity index is 502. The summed E-state index contributed by atoms with van der Waals surface area (Å²) in [5.41, 5.74) is 9.71. The molecule has 0 aliphatic carbocycles. The smallest absolute Gasteiger partial charge is 0.255 e. The maximum Gasteiger partial charge on any atom is 0.255 e. The van der Waals surface area contributed by atoms with Gasteiger partial charge in [0.05, 0.1) is 0 Å². The number of carbonyl (C=O) groups is 2. The van der Waals surface area contributed by atoms with E-state index >= 15 is 0 Å². The standard InChI is InChI=1S/C9H13N3O2.C4H4N2/c1-5-6-3-2-4-12(6)11-9(14)7(5)8(10)13;1-2-5-4-6-3-1/h7H,2-4H2,1H3,(H2,10,13)(H,11,14);1-4H. The molecule has 0 spiro atoms. The lowest BCUT2D eigenvalue weighted by Gasteiger charge is -2.31. The minimum Gasteiger partial charge on any atom is -0.369 e. The van der Waals surface area contributed by atoms with Crippen molar-refractivity contribution in [2.45, 2.75) is 19.8 Å². The van der Waals surface area contributed by atoms with Gasteiger partial charge in [-0.1, -0.05) is 0 Å². The molecule has 0 saturated carbocycles. The SMILES string of the molecule is CC1=C2CCCN2NC(=O)C1C(N)=O.c1cncnc1. The van der Waals surface area contributed by atoms with Crippen LogP contribution >= 0.6 is 0 Å². The van der Waals surface area contributed by atoms with Crippen molar-refractivity contribution in [1.29, 1.82) is 0 Å². The monoisotopic (exact) mass is 275 g/mol. The maximum atomic E-state index is 11.5. The third kappa shape index (κ3) is 2.93. The number of amides is 2. The number of nitrogens with zero attached hydrogens (tertiary/aromatic N) is 3. The van der Waals surface area contributed by atoms with Crippen molar-refractivity contribution in [3.63, 3.8) is 0 Å². The summed E-state index contributed by atoms with van der Waals surface area (Å²) in [7, 11) is 0. The number of hydrogen-bond acceptors (Lipinski definition) is 5. The van der Waals surface area contributed by atoms with Crippen LogP contribution in [0.2, 0.25) is 0 Å². The van der Waals surface area contributed by atoms with Gasteiger partial charge >= 0.3 is 0 Å². The molecule has 1 saturated heterocycles. The van der Waals surface area contributed by atoms with Crippen molar-refractivity contribution in [1.82, 2.24) is 20.4 Å². The Kier molecular flexibility index (Phi) is 4.29. The number of carbonyl (C=O) groups excluding carboxylic acids is 2. The molecule has 7 heteroatoms. The molecule has 0 radical (unpaired) electrons. The fraction of sp³-hybridized carbons (Fsp3) is 0.385. The third-order valence-electron chi connectivity index (χ3n) is 3.28. The number of fused-ring (bicyclic) bond motifs is 1. The van der Waals surface area contributed by atoms with Crippen molar-refractivity contribution >= 4 is 11.8 Å². The molecule has 0 bridgehead atoms. The molecule has 20 heavy (non-hydrogen) atoms. The Hall–Kier alpha value is -2.44. The molecular weight excluding hydrogens is 258 g/mol. The molecular formula is C13H17N5O2. The summed E-state index contributed by atoms with van der Waals surface area (Å²) < 4.78 is 0. The van der Waals surface area contributed by atoms with Crippen molar-refractivity contribution in [2.24, 2.45) is 11.7 Å². The van der Waals surface area contributed by atoms with Crippen molar-refractivity contribution in [3.05, 3.63) is 36.1 Å². The normalized spacial score (nSPS) is 20.8. The first-order valence-corrected chi connectivity index (χ1v) is 6.38. The minimum atomic E-state index is -0.778. The summed E-state index contributed by atoms with van der Waals surface area (Å²) in [5.74, 6) is -1.65. The molecule has 1 unspecified atom stereocenters. The molecule has 1 aromatic rings. The number of hydrazine groups is 1. The van der Waals surface area contributed by atoms with Gasteiger partial charge in [-0.2, -0.15) is 0 Å². The lowest BCUT2D eigenvalue weighted by Crippen LogP contribution is -2.50. The zero-order chi connectivity index (χ0) is 14.5. The first kappa shape index (κ1) is 14.0. The zero-order valence-corrected chi connectivity index (χ0v) is 11.2. The van der Waals surface area contributed by atoms with Crippen LogP contribution in [0.25, 0.3) is 0 Å². The van der Waals surface area contributed by atoms with Crippen LogP contribution in [0.5, 0.6) is 0 Å². The minimum absolute atomic E-state index is 0.305. The van der Waals surface area contributed by atoms with E-state index in [0.717, 1.165) is 30.7 Å². The van der Waals surface area contributed by atoms with Crippen molar-refractivity contribution in [3.8, 4) is 0 Å². The van der Waals surface area contributed by atoms with Gasteiger partial charge in [-0.3, -0.25) is 20.0 Å². The Morgan fingerprint density at radius 3 is 2.65 bits per heavy atom. The van der Waals surface area contributed by atoms with Gasteiger partial charge in [0.25, 0.3) is 5.91 Å². The van der Waals surface area contributed by atoms with E-state index in [1.54, 1.807) is 18.5 Å². The molecule has 0 aromatic carbocycles. The number of hydrogen-bond donors (Lipinski definition) is 2. The van der Waals surface area contributed by atoms with Gasteiger partial charge in [0.2, 0.25) is 5.91 Å². The molecule has 2 amide bonds. The van der Waals surface area contributed by atoms with Gasteiger partial charge in [-0.15, -0.1) is 0 Å². The highest BCUT2D eigenvalue weighted by Gasteiger charge is 2.36. The van der Waals surface area contributed by atoms with Crippen LogP contribution in [-0.2, 0) is 9.59 Å². The molecule has 2 aliphatic rings. The van der Waals surface area contributed by atoms with Gasteiger partial charge in [-0.25, -0.2) is 9.97 Å². The van der Waals surface area contributed by atoms with Crippen LogP contribution in [0.1, 0.15) is 19.8 Å². The van der Waals surface area contributed by atoms with Gasteiger partial charge in [0.1, 0.15) is 12.2 Å². The van der Waals surface area contributed by atoms with Crippen molar-refractivity contribution < 1.29 is 9.59 Å². The number of allylic oxidation sites excluding steroid dienone is 1. The quantitative estimate of drug-likeness (QED) is 0.701. The molecule has 3 heterocycles. The second-order valence-electron chi connectivity index (χ2n) is 4.60. The second-order valence-corrected chi connectivity index (χ2v) is 4.60. The molecule has 3 rings (SSSR count). The van der Waals surface area contributed by atoms with Gasteiger partial charge in [-0.05, 0) is 31.4 Å².